The van der Waals surface area contributed by atoms with Crippen LogP contribution in [-0.4, -0.2) is 0 Å². The van der Waals surface area contributed by atoms with Crippen LogP contribution in [0.1, 0.15) is 18.1 Å². The maximum absolute atomic E-state index is 2.36. The molecule has 0 aliphatic heterocycles. The lowest BCUT2D eigenvalue weighted by molar-refractivity contribution is 0.767. The highest BCUT2D eigenvalue weighted by Crippen LogP contribution is 2.49. The van der Waals surface area contributed by atoms with Crippen molar-refractivity contribution in [2.75, 3.05) is 0 Å². The van der Waals surface area contributed by atoms with Crippen molar-refractivity contribution in [3.05, 3.63) is 131 Å². The molecule has 0 saturated carbocycles. The molecule has 0 fully saturated rings. The van der Waals surface area contributed by atoms with Gasteiger partial charge >= 0.3 is 0 Å². The average molecular weight is 332 g/mol. The van der Waals surface area contributed by atoms with Crippen LogP contribution in [0, 0.1) is 0 Å². The first-order valence-corrected chi connectivity index (χ1v) is 9.12. The highest BCUT2D eigenvalue weighted by molar-refractivity contribution is 5.84. The third kappa shape index (κ3) is 2.16. The molecule has 0 radical (unpaired) electrons. The largest absolute Gasteiger partial charge is 0.0652 e. The second kappa shape index (κ2) is 5.71. The second-order valence-corrected chi connectivity index (χ2v) is 7.16. The van der Waals surface area contributed by atoms with Crippen LogP contribution >= 0.6 is 0 Å². The molecule has 0 spiro atoms. The van der Waals surface area contributed by atoms with Gasteiger partial charge in [0, 0.05) is 0 Å². The van der Waals surface area contributed by atoms with E-state index in [0.29, 0.717) is 0 Å². The van der Waals surface area contributed by atoms with Gasteiger partial charge in [0.2, 0.25) is 0 Å². The monoisotopic (exact) mass is 332 g/mol. The van der Waals surface area contributed by atoms with Gasteiger partial charge in [-0.15, -0.1) is 0 Å². The minimum atomic E-state index is -0.246. The Hall–Kier alpha value is -3.12. The fourth-order valence-electron chi connectivity index (χ4n) is 4.35. The Morgan fingerprint density at radius 2 is 1.46 bits per heavy atom. The summed E-state index contributed by atoms with van der Waals surface area (Å²) in [5.41, 5.74) is 6.39. The highest BCUT2D eigenvalue weighted by Gasteiger charge is 2.39. The van der Waals surface area contributed by atoms with Gasteiger partial charge in [-0.25, -0.2) is 0 Å². The Morgan fingerprint density at radius 3 is 2.31 bits per heavy atom. The molecule has 0 heteroatoms. The summed E-state index contributed by atoms with van der Waals surface area (Å²) in [6.45, 7) is 2.18. The SMILES string of the molecule is CC1=CC2=CC=CC(c3ccccc3)(c3ccc4ccccc4c3)C2=C1. The van der Waals surface area contributed by atoms with Crippen molar-refractivity contribution < 1.29 is 0 Å². The lowest BCUT2D eigenvalue weighted by Crippen LogP contribution is -2.29. The number of allylic oxidation sites excluding steroid dienone is 8. The molecule has 0 N–H and O–H groups in total. The van der Waals surface area contributed by atoms with E-state index in [-0.39, 0.29) is 5.41 Å². The molecule has 0 saturated heterocycles. The van der Waals surface area contributed by atoms with Gasteiger partial charge in [0.15, 0.2) is 0 Å². The maximum atomic E-state index is 2.36. The zero-order valence-electron chi connectivity index (χ0n) is 14.8. The van der Waals surface area contributed by atoms with Crippen molar-refractivity contribution in [2.24, 2.45) is 0 Å². The van der Waals surface area contributed by atoms with Gasteiger partial charge in [0.1, 0.15) is 0 Å². The van der Waals surface area contributed by atoms with Crippen LogP contribution < -0.4 is 0 Å². The molecule has 0 amide bonds. The van der Waals surface area contributed by atoms with Crippen LogP contribution in [-0.2, 0) is 5.41 Å². The molecule has 26 heavy (non-hydrogen) atoms. The summed E-state index contributed by atoms with van der Waals surface area (Å²) >= 11 is 0. The predicted molar refractivity (Wildman–Crippen MR) is 110 cm³/mol. The molecule has 0 nitrogen and oxygen atoms in total. The van der Waals surface area contributed by atoms with E-state index in [1.165, 1.54) is 38.6 Å². The Labute approximate surface area is 154 Å². The lowest BCUT2D eigenvalue weighted by atomic mass is 9.65. The molecule has 3 aromatic carbocycles. The molecule has 2 aliphatic carbocycles. The van der Waals surface area contributed by atoms with Crippen LogP contribution in [0.25, 0.3) is 10.8 Å². The third-order valence-corrected chi connectivity index (χ3v) is 5.55. The van der Waals surface area contributed by atoms with E-state index in [1.54, 1.807) is 0 Å². The Balaban J connectivity index is 1.82. The second-order valence-electron chi connectivity index (χ2n) is 7.16. The summed E-state index contributed by atoms with van der Waals surface area (Å²) in [6.07, 6.45) is 11.4. The molecule has 3 aromatic rings. The summed E-state index contributed by atoms with van der Waals surface area (Å²) in [6, 6.07) is 26.3. The van der Waals surface area contributed by atoms with E-state index < -0.39 is 0 Å². The first-order chi connectivity index (χ1) is 12.8. The molecule has 1 atom stereocenters. The van der Waals surface area contributed by atoms with E-state index in [0.717, 1.165) is 0 Å². The standard InChI is InChI=1S/C26H20/c1-19-16-22-10-7-15-26(25(22)17-19,23-11-3-2-4-12-23)24-14-13-20-8-5-6-9-21(20)18-24/h2-18H,1H3. The predicted octanol–water partition coefficient (Wildman–Crippen LogP) is 6.51. The van der Waals surface area contributed by atoms with E-state index in [9.17, 15) is 0 Å². The Kier molecular flexibility index (Phi) is 3.33. The molecule has 5 rings (SSSR count). The molecular formula is C26H20. The zero-order chi connectivity index (χ0) is 17.6. The first kappa shape index (κ1) is 15.2. The molecule has 2 aliphatic rings. The molecule has 0 aromatic heterocycles. The maximum Gasteiger partial charge on any atom is 0.0641 e. The summed E-state index contributed by atoms with van der Waals surface area (Å²) in [5.74, 6) is 0. The van der Waals surface area contributed by atoms with Crippen LogP contribution in [0.3, 0.4) is 0 Å². The Morgan fingerprint density at radius 1 is 0.692 bits per heavy atom. The third-order valence-electron chi connectivity index (χ3n) is 5.55. The van der Waals surface area contributed by atoms with Gasteiger partial charge in [-0.3, -0.25) is 0 Å². The summed E-state index contributed by atoms with van der Waals surface area (Å²) in [4.78, 5) is 0. The van der Waals surface area contributed by atoms with Crippen molar-refractivity contribution in [3.8, 4) is 0 Å². The van der Waals surface area contributed by atoms with Crippen LogP contribution in [0.4, 0.5) is 0 Å². The van der Waals surface area contributed by atoms with Crippen molar-refractivity contribution in [1.29, 1.82) is 0 Å². The molecule has 1 unspecified atom stereocenters. The Bertz CT molecular complexity index is 1120. The van der Waals surface area contributed by atoms with Gasteiger partial charge < -0.3 is 0 Å². The quantitative estimate of drug-likeness (QED) is 0.502. The van der Waals surface area contributed by atoms with Gasteiger partial charge in [0.05, 0.1) is 5.41 Å². The van der Waals surface area contributed by atoms with Gasteiger partial charge in [-0.05, 0) is 46.0 Å². The number of rotatable bonds is 2. The number of fused-ring (bicyclic) bond motifs is 2. The van der Waals surface area contributed by atoms with E-state index in [2.05, 4.69) is 110 Å². The molecular weight excluding hydrogens is 312 g/mol. The number of benzene rings is 3. The first-order valence-electron chi connectivity index (χ1n) is 9.12. The lowest BCUT2D eigenvalue weighted by Gasteiger charge is -2.36. The van der Waals surface area contributed by atoms with Crippen molar-refractivity contribution >= 4 is 10.8 Å². The normalized spacial score (nSPS) is 21.2. The summed E-state index contributed by atoms with van der Waals surface area (Å²) < 4.78 is 0. The zero-order valence-corrected chi connectivity index (χ0v) is 14.8. The van der Waals surface area contributed by atoms with Gasteiger partial charge in [-0.2, -0.15) is 0 Å². The van der Waals surface area contributed by atoms with E-state index in [1.807, 2.05) is 0 Å². The minimum Gasteiger partial charge on any atom is -0.0652 e. The van der Waals surface area contributed by atoms with Gasteiger partial charge in [0.25, 0.3) is 0 Å². The van der Waals surface area contributed by atoms with Crippen LogP contribution in [0.5, 0.6) is 0 Å². The molecule has 124 valence electrons. The number of hydrogen-bond acceptors (Lipinski definition) is 0. The highest BCUT2D eigenvalue weighted by atomic mass is 14.4. The summed E-state index contributed by atoms with van der Waals surface area (Å²) in [7, 11) is 0. The van der Waals surface area contributed by atoms with Crippen LogP contribution in [0.15, 0.2) is 120 Å². The van der Waals surface area contributed by atoms with E-state index in [4.69, 9.17) is 0 Å². The van der Waals surface area contributed by atoms with Crippen molar-refractivity contribution in [2.45, 2.75) is 12.3 Å². The molecule has 0 bridgehead atoms. The topological polar surface area (TPSA) is 0 Å². The average Bonchev–Trinajstić information content (AvgIpc) is 3.09. The smallest absolute Gasteiger partial charge is 0.0641 e. The van der Waals surface area contributed by atoms with E-state index >= 15 is 0 Å². The van der Waals surface area contributed by atoms with Gasteiger partial charge in [-0.1, -0.05) is 103 Å². The van der Waals surface area contributed by atoms with Crippen molar-refractivity contribution in [3.63, 3.8) is 0 Å². The van der Waals surface area contributed by atoms with Crippen molar-refractivity contribution in [1.82, 2.24) is 0 Å². The fraction of sp³-hybridized carbons (Fsp3) is 0.0769. The molecule has 0 heterocycles. The minimum absolute atomic E-state index is 0.246. The number of hydrogen-bond donors (Lipinski definition) is 0. The van der Waals surface area contributed by atoms with Crippen LogP contribution in [0.2, 0.25) is 0 Å². The fourth-order valence-corrected chi connectivity index (χ4v) is 4.35. The summed E-state index contributed by atoms with van der Waals surface area (Å²) in [5, 5.41) is 2.57.